The lowest BCUT2D eigenvalue weighted by atomic mass is 10.2. The van der Waals surface area contributed by atoms with Crippen LogP contribution in [0.2, 0.25) is 0 Å². The molecule has 2 atom stereocenters. The standard InChI is InChI=1S/C14H17NO5/c1-9(16)12(14(18)19)15-13(17)10(2)20-8-11-6-4-3-5-7-11/h3-7,10,12H,8H2,1-2H3,(H,15,17)(H,18,19)/t10?,12-/m0/s1. The second-order valence-corrected chi connectivity index (χ2v) is 4.33. The maximum atomic E-state index is 11.7. The fourth-order valence-electron chi connectivity index (χ4n) is 1.47. The van der Waals surface area contributed by atoms with Crippen molar-refractivity contribution in [3.63, 3.8) is 0 Å². The Kier molecular flexibility index (Phi) is 5.86. The molecule has 1 rings (SSSR count). The van der Waals surface area contributed by atoms with Gasteiger partial charge in [0.05, 0.1) is 6.61 Å². The van der Waals surface area contributed by atoms with E-state index in [1.165, 1.54) is 6.92 Å². The summed E-state index contributed by atoms with van der Waals surface area (Å²) in [5, 5.41) is 10.9. The number of carboxylic acids is 1. The first-order valence-electron chi connectivity index (χ1n) is 6.11. The van der Waals surface area contributed by atoms with Crippen LogP contribution in [-0.4, -0.2) is 34.9 Å². The van der Waals surface area contributed by atoms with E-state index in [9.17, 15) is 14.4 Å². The fourth-order valence-corrected chi connectivity index (χ4v) is 1.47. The molecule has 0 radical (unpaired) electrons. The number of Topliss-reactive ketones (excluding diaryl/α,β-unsaturated/α-hetero) is 1. The predicted molar refractivity (Wildman–Crippen MR) is 70.9 cm³/mol. The number of ether oxygens (including phenoxy) is 1. The number of ketones is 1. The summed E-state index contributed by atoms with van der Waals surface area (Å²) in [4.78, 5) is 33.6. The van der Waals surface area contributed by atoms with Crippen LogP contribution in [0.5, 0.6) is 0 Å². The highest BCUT2D eigenvalue weighted by Crippen LogP contribution is 2.03. The molecule has 20 heavy (non-hydrogen) atoms. The van der Waals surface area contributed by atoms with Crippen LogP contribution in [0.4, 0.5) is 0 Å². The summed E-state index contributed by atoms with van der Waals surface area (Å²) < 4.78 is 5.33. The van der Waals surface area contributed by atoms with Gasteiger partial charge in [0.2, 0.25) is 5.91 Å². The SMILES string of the molecule is CC(=O)[C@H](NC(=O)C(C)OCc1ccccc1)C(=O)O. The number of carboxylic acid groups (broad SMARTS) is 1. The molecule has 0 aromatic heterocycles. The van der Waals surface area contributed by atoms with Crippen LogP contribution in [0.1, 0.15) is 19.4 Å². The van der Waals surface area contributed by atoms with Crippen molar-refractivity contribution in [1.82, 2.24) is 5.32 Å². The molecular formula is C14H17NO5. The summed E-state index contributed by atoms with van der Waals surface area (Å²) in [6.45, 7) is 2.83. The van der Waals surface area contributed by atoms with Gasteiger partial charge in [0.25, 0.3) is 0 Å². The molecule has 0 fully saturated rings. The van der Waals surface area contributed by atoms with Crippen LogP contribution in [0.25, 0.3) is 0 Å². The number of aliphatic carboxylic acids is 1. The first-order chi connectivity index (χ1) is 9.41. The Bertz CT molecular complexity index is 472. The topological polar surface area (TPSA) is 92.7 Å². The van der Waals surface area contributed by atoms with E-state index < -0.39 is 29.8 Å². The van der Waals surface area contributed by atoms with Crippen LogP contribution in [0, 0.1) is 0 Å². The molecule has 1 aromatic rings. The van der Waals surface area contributed by atoms with E-state index in [0.717, 1.165) is 12.5 Å². The average Bonchev–Trinajstić information content (AvgIpc) is 2.42. The maximum Gasteiger partial charge on any atom is 0.334 e. The van der Waals surface area contributed by atoms with E-state index in [-0.39, 0.29) is 6.61 Å². The molecule has 0 spiro atoms. The fraction of sp³-hybridized carbons (Fsp3) is 0.357. The second kappa shape index (κ2) is 7.40. The molecular weight excluding hydrogens is 262 g/mol. The zero-order chi connectivity index (χ0) is 15.1. The molecule has 6 nitrogen and oxygen atoms in total. The molecule has 0 aliphatic carbocycles. The van der Waals surface area contributed by atoms with Gasteiger partial charge < -0.3 is 15.2 Å². The van der Waals surface area contributed by atoms with Gasteiger partial charge in [0.15, 0.2) is 11.8 Å². The van der Waals surface area contributed by atoms with Gasteiger partial charge in [-0.1, -0.05) is 30.3 Å². The smallest absolute Gasteiger partial charge is 0.334 e. The highest BCUT2D eigenvalue weighted by Gasteiger charge is 2.26. The Balaban J connectivity index is 2.50. The van der Waals surface area contributed by atoms with Crippen LogP contribution in [-0.2, 0) is 25.7 Å². The Labute approximate surface area is 116 Å². The zero-order valence-electron chi connectivity index (χ0n) is 11.3. The summed E-state index contributed by atoms with van der Waals surface area (Å²) in [6.07, 6.45) is -0.851. The minimum atomic E-state index is -1.54. The number of rotatable bonds is 7. The van der Waals surface area contributed by atoms with E-state index in [2.05, 4.69) is 5.32 Å². The first-order valence-corrected chi connectivity index (χ1v) is 6.11. The van der Waals surface area contributed by atoms with Crippen molar-refractivity contribution in [1.29, 1.82) is 0 Å². The molecule has 1 amide bonds. The number of hydrogen-bond acceptors (Lipinski definition) is 4. The number of carbonyl (C=O) groups is 3. The molecule has 0 saturated heterocycles. The van der Waals surface area contributed by atoms with Crippen molar-refractivity contribution in [3.8, 4) is 0 Å². The van der Waals surface area contributed by atoms with Gasteiger partial charge in [-0.2, -0.15) is 0 Å². The lowest BCUT2D eigenvalue weighted by Crippen LogP contribution is -2.49. The van der Waals surface area contributed by atoms with Crippen LogP contribution in [0.3, 0.4) is 0 Å². The van der Waals surface area contributed by atoms with Crippen LogP contribution >= 0.6 is 0 Å². The van der Waals surface area contributed by atoms with Gasteiger partial charge in [-0.15, -0.1) is 0 Å². The van der Waals surface area contributed by atoms with E-state index in [1.807, 2.05) is 30.3 Å². The van der Waals surface area contributed by atoms with E-state index >= 15 is 0 Å². The van der Waals surface area contributed by atoms with Gasteiger partial charge in [-0.3, -0.25) is 9.59 Å². The number of carbonyl (C=O) groups excluding carboxylic acids is 2. The van der Waals surface area contributed by atoms with E-state index in [1.54, 1.807) is 0 Å². The summed E-state index contributed by atoms with van der Waals surface area (Å²) >= 11 is 0. The third kappa shape index (κ3) is 4.81. The summed E-state index contributed by atoms with van der Waals surface area (Å²) in [6, 6.07) is 7.72. The lowest BCUT2D eigenvalue weighted by Gasteiger charge is -2.16. The van der Waals surface area contributed by atoms with Crippen LogP contribution < -0.4 is 5.32 Å². The number of nitrogens with one attached hydrogen (secondary N) is 1. The normalized spacial score (nSPS) is 13.3. The van der Waals surface area contributed by atoms with Gasteiger partial charge in [0, 0.05) is 0 Å². The quantitative estimate of drug-likeness (QED) is 0.718. The summed E-state index contributed by atoms with van der Waals surface area (Å²) in [7, 11) is 0. The van der Waals surface area contributed by atoms with Gasteiger partial charge in [-0.25, -0.2) is 4.79 Å². The van der Waals surface area contributed by atoms with Crippen LogP contribution in [0.15, 0.2) is 30.3 Å². The summed E-state index contributed by atoms with van der Waals surface area (Å²) in [5.74, 6) is -2.66. The predicted octanol–water partition coefficient (Wildman–Crippen LogP) is 0.750. The lowest BCUT2D eigenvalue weighted by molar-refractivity contribution is -0.147. The minimum absolute atomic E-state index is 0.229. The Hall–Kier alpha value is -2.21. The maximum absolute atomic E-state index is 11.7. The minimum Gasteiger partial charge on any atom is -0.479 e. The first kappa shape index (κ1) is 15.8. The summed E-state index contributed by atoms with van der Waals surface area (Å²) in [5.41, 5.74) is 0.897. The van der Waals surface area contributed by atoms with Gasteiger partial charge in [0.1, 0.15) is 6.10 Å². The molecule has 0 aliphatic heterocycles. The molecule has 0 saturated carbocycles. The number of benzene rings is 1. The number of amides is 1. The van der Waals surface area contributed by atoms with Gasteiger partial charge >= 0.3 is 5.97 Å². The average molecular weight is 279 g/mol. The Morgan fingerprint density at radius 1 is 1.25 bits per heavy atom. The van der Waals surface area contributed by atoms with Crippen molar-refractivity contribution in [3.05, 3.63) is 35.9 Å². The van der Waals surface area contributed by atoms with E-state index in [4.69, 9.17) is 9.84 Å². The van der Waals surface area contributed by atoms with Crippen molar-refractivity contribution in [2.24, 2.45) is 0 Å². The van der Waals surface area contributed by atoms with Crippen molar-refractivity contribution in [2.45, 2.75) is 32.6 Å². The second-order valence-electron chi connectivity index (χ2n) is 4.33. The molecule has 1 aromatic carbocycles. The molecule has 1 unspecified atom stereocenters. The molecule has 2 N–H and O–H groups in total. The zero-order valence-corrected chi connectivity index (χ0v) is 11.3. The van der Waals surface area contributed by atoms with Gasteiger partial charge in [-0.05, 0) is 19.4 Å². The Morgan fingerprint density at radius 2 is 1.85 bits per heavy atom. The highest BCUT2D eigenvalue weighted by molar-refractivity contribution is 6.04. The molecule has 0 heterocycles. The third-order valence-electron chi connectivity index (χ3n) is 2.65. The van der Waals surface area contributed by atoms with E-state index in [0.29, 0.717) is 0 Å². The molecule has 6 heteroatoms. The molecule has 108 valence electrons. The Morgan fingerprint density at radius 3 is 2.35 bits per heavy atom. The van der Waals surface area contributed by atoms with Crippen molar-refractivity contribution < 1.29 is 24.2 Å². The monoisotopic (exact) mass is 279 g/mol. The highest BCUT2D eigenvalue weighted by atomic mass is 16.5. The van der Waals surface area contributed by atoms with Crippen molar-refractivity contribution in [2.75, 3.05) is 0 Å². The number of hydrogen-bond donors (Lipinski definition) is 2. The third-order valence-corrected chi connectivity index (χ3v) is 2.65. The van der Waals surface area contributed by atoms with Crippen molar-refractivity contribution >= 4 is 17.7 Å². The largest absolute Gasteiger partial charge is 0.479 e. The molecule has 0 bridgehead atoms. The molecule has 0 aliphatic rings.